The number of thiazole rings is 1. The van der Waals surface area contributed by atoms with Gasteiger partial charge < -0.3 is 5.11 Å². The van der Waals surface area contributed by atoms with Crippen LogP contribution in [-0.4, -0.2) is 21.9 Å². The summed E-state index contributed by atoms with van der Waals surface area (Å²) in [5.74, 6) is -2.10. The first-order valence-electron chi connectivity index (χ1n) is 5.67. The largest absolute Gasteiger partial charge is 0.502 e. The third kappa shape index (κ3) is 2.42. The maximum absolute atomic E-state index is 11.6. The molecule has 0 radical (unpaired) electrons. The molecule has 21 heavy (non-hydrogen) atoms. The lowest BCUT2D eigenvalue weighted by atomic mass is 10.2. The van der Waals surface area contributed by atoms with Gasteiger partial charge in [0.05, 0.1) is 15.7 Å². The Labute approximate surface area is 132 Å². The highest BCUT2D eigenvalue weighted by Gasteiger charge is 2.32. The minimum Gasteiger partial charge on any atom is -0.502 e. The molecule has 0 spiro atoms. The third-order valence-corrected chi connectivity index (χ3v) is 4.46. The first-order chi connectivity index (χ1) is 9.97. The number of aliphatic hydroxyl groups is 1. The maximum Gasteiger partial charge on any atom is 0.293 e. The van der Waals surface area contributed by atoms with Gasteiger partial charge in [-0.2, -0.15) is 0 Å². The Kier molecular flexibility index (Phi) is 3.44. The predicted octanol–water partition coefficient (Wildman–Crippen LogP) is 3.04. The summed E-state index contributed by atoms with van der Waals surface area (Å²) in [7, 11) is 0. The van der Waals surface area contributed by atoms with Gasteiger partial charge in [0.15, 0.2) is 5.76 Å². The van der Waals surface area contributed by atoms with Crippen molar-refractivity contribution in [1.29, 1.82) is 0 Å². The molecule has 2 N–H and O–H groups in total. The number of hydrogen-bond acceptors (Lipinski definition) is 5. The van der Waals surface area contributed by atoms with Crippen LogP contribution in [0.4, 0.5) is 0 Å². The molecule has 1 aromatic heterocycles. The van der Waals surface area contributed by atoms with Crippen molar-refractivity contribution in [3.05, 3.63) is 45.1 Å². The van der Waals surface area contributed by atoms with E-state index in [1.54, 1.807) is 23.6 Å². The van der Waals surface area contributed by atoms with E-state index in [2.05, 4.69) is 4.98 Å². The number of aromatic nitrogens is 1. The summed E-state index contributed by atoms with van der Waals surface area (Å²) < 4.78 is 0. The van der Waals surface area contributed by atoms with E-state index < -0.39 is 17.6 Å². The number of amides is 2. The summed E-state index contributed by atoms with van der Waals surface area (Å²) in [6, 6.07) is 5.04. The molecule has 2 amide bonds. The molecule has 3 rings (SSSR count). The van der Waals surface area contributed by atoms with Crippen LogP contribution < -0.4 is 5.32 Å². The molecule has 0 bridgehead atoms. The second-order valence-corrected chi connectivity index (χ2v) is 5.85. The Hall–Kier alpha value is -1.89. The van der Waals surface area contributed by atoms with E-state index in [1.165, 1.54) is 11.3 Å². The Morgan fingerprint density at radius 1 is 1.14 bits per heavy atom. The van der Waals surface area contributed by atoms with Gasteiger partial charge in [0.2, 0.25) is 0 Å². The molecule has 106 valence electrons. The van der Waals surface area contributed by atoms with Crippen molar-refractivity contribution in [2.75, 3.05) is 0 Å². The number of hydrogen-bond donors (Lipinski definition) is 2. The highest BCUT2D eigenvalue weighted by atomic mass is 35.5. The highest BCUT2D eigenvalue weighted by molar-refractivity contribution is 7.13. The standard InChI is InChI=1S/C13H6Cl2N2O3S/c14-6-2-1-5(3-7(6)15)13-16-8(4-21-13)9-10(18)12(20)17-11(9)19/h1-4H,(H2,17,18,19,20). The van der Waals surface area contributed by atoms with Gasteiger partial charge in [0, 0.05) is 10.9 Å². The second-order valence-electron chi connectivity index (χ2n) is 4.17. The van der Waals surface area contributed by atoms with Crippen LogP contribution in [0, 0.1) is 0 Å². The van der Waals surface area contributed by atoms with Gasteiger partial charge in [-0.05, 0) is 12.1 Å². The van der Waals surface area contributed by atoms with Gasteiger partial charge in [-0.25, -0.2) is 4.98 Å². The average molecular weight is 341 g/mol. The van der Waals surface area contributed by atoms with Gasteiger partial charge >= 0.3 is 0 Å². The molecule has 0 aliphatic carbocycles. The maximum atomic E-state index is 11.6. The van der Waals surface area contributed by atoms with E-state index in [4.69, 9.17) is 23.2 Å². The number of rotatable bonds is 2. The molecule has 1 aromatic carbocycles. The Morgan fingerprint density at radius 3 is 2.52 bits per heavy atom. The molecule has 5 nitrogen and oxygen atoms in total. The zero-order chi connectivity index (χ0) is 15.1. The number of halogens is 2. The number of nitrogens with zero attached hydrogens (tertiary/aromatic N) is 1. The number of carbonyl (C=O) groups excluding carboxylic acids is 2. The zero-order valence-electron chi connectivity index (χ0n) is 10.2. The molecule has 2 heterocycles. The number of carbonyl (C=O) groups is 2. The Morgan fingerprint density at radius 2 is 1.90 bits per heavy atom. The van der Waals surface area contributed by atoms with Crippen molar-refractivity contribution in [3.8, 4) is 10.6 Å². The molecule has 0 saturated carbocycles. The number of imide groups is 1. The predicted molar refractivity (Wildman–Crippen MR) is 80.3 cm³/mol. The van der Waals surface area contributed by atoms with E-state index in [1.807, 2.05) is 5.32 Å². The second kappa shape index (κ2) is 5.14. The quantitative estimate of drug-likeness (QED) is 0.823. The summed E-state index contributed by atoms with van der Waals surface area (Å²) in [6.07, 6.45) is 0. The average Bonchev–Trinajstić information content (AvgIpc) is 2.99. The Balaban J connectivity index is 2.03. The lowest BCUT2D eigenvalue weighted by molar-refractivity contribution is -0.124. The van der Waals surface area contributed by atoms with E-state index in [9.17, 15) is 14.7 Å². The smallest absolute Gasteiger partial charge is 0.293 e. The van der Waals surface area contributed by atoms with Crippen LogP contribution in [0.15, 0.2) is 29.3 Å². The van der Waals surface area contributed by atoms with Crippen LogP contribution in [0.5, 0.6) is 0 Å². The van der Waals surface area contributed by atoms with Gasteiger partial charge in [-0.15, -0.1) is 11.3 Å². The number of aliphatic hydroxyl groups excluding tert-OH is 1. The fourth-order valence-corrected chi connectivity index (χ4v) is 2.94. The van der Waals surface area contributed by atoms with Crippen molar-refractivity contribution in [3.63, 3.8) is 0 Å². The fraction of sp³-hybridized carbons (Fsp3) is 0. The lowest BCUT2D eigenvalue weighted by Gasteiger charge is -1.99. The molecule has 8 heteroatoms. The lowest BCUT2D eigenvalue weighted by Crippen LogP contribution is -2.22. The van der Waals surface area contributed by atoms with Crippen LogP contribution in [0.25, 0.3) is 16.1 Å². The van der Waals surface area contributed by atoms with E-state index in [-0.39, 0.29) is 11.3 Å². The van der Waals surface area contributed by atoms with Crippen LogP contribution in [0.1, 0.15) is 5.69 Å². The molecule has 0 fully saturated rings. The third-order valence-electron chi connectivity index (χ3n) is 2.83. The minimum absolute atomic E-state index is 0.123. The SMILES string of the molecule is O=C1NC(=O)C(c2csc(-c3ccc(Cl)c(Cl)c3)n2)=C1O. The molecule has 0 unspecified atom stereocenters. The summed E-state index contributed by atoms with van der Waals surface area (Å²) in [6.45, 7) is 0. The summed E-state index contributed by atoms with van der Waals surface area (Å²) in [5.41, 5.74) is 0.843. The minimum atomic E-state index is -0.820. The first kappa shape index (κ1) is 14.1. The summed E-state index contributed by atoms with van der Waals surface area (Å²) in [5, 5.41) is 14.6. The van der Waals surface area contributed by atoms with Crippen molar-refractivity contribution >= 4 is 51.9 Å². The zero-order valence-corrected chi connectivity index (χ0v) is 12.5. The molecule has 1 aliphatic heterocycles. The molecule has 2 aromatic rings. The van der Waals surface area contributed by atoms with Crippen LogP contribution in [0.2, 0.25) is 10.0 Å². The highest BCUT2D eigenvalue weighted by Crippen LogP contribution is 2.32. The number of benzene rings is 1. The molecular weight excluding hydrogens is 335 g/mol. The summed E-state index contributed by atoms with van der Waals surface area (Å²) in [4.78, 5) is 27.1. The normalized spacial score (nSPS) is 14.8. The van der Waals surface area contributed by atoms with Crippen LogP contribution in [-0.2, 0) is 9.59 Å². The molecule has 0 saturated heterocycles. The van der Waals surface area contributed by atoms with Gasteiger partial charge in [0.1, 0.15) is 10.6 Å². The van der Waals surface area contributed by atoms with Crippen LogP contribution in [0.3, 0.4) is 0 Å². The summed E-state index contributed by atoms with van der Waals surface area (Å²) >= 11 is 13.1. The molecular formula is C13H6Cl2N2O3S. The van der Waals surface area contributed by atoms with Crippen molar-refractivity contribution < 1.29 is 14.7 Å². The molecule has 1 aliphatic rings. The van der Waals surface area contributed by atoms with E-state index >= 15 is 0 Å². The molecule has 0 atom stereocenters. The van der Waals surface area contributed by atoms with Crippen molar-refractivity contribution in [2.45, 2.75) is 0 Å². The van der Waals surface area contributed by atoms with Crippen LogP contribution >= 0.6 is 34.5 Å². The van der Waals surface area contributed by atoms with Crippen molar-refractivity contribution in [1.82, 2.24) is 10.3 Å². The Bertz CT molecular complexity index is 813. The van der Waals surface area contributed by atoms with Gasteiger partial charge in [0.25, 0.3) is 11.8 Å². The monoisotopic (exact) mass is 340 g/mol. The van der Waals surface area contributed by atoms with Crippen molar-refractivity contribution in [2.24, 2.45) is 0 Å². The number of nitrogens with one attached hydrogen (secondary N) is 1. The first-order valence-corrected chi connectivity index (χ1v) is 7.31. The van der Waals surface area contributed by atoms with E-state index in [0.717, 1.165) is 5.56 Å². The van der Waals surface area contributed by atoms with Gasteiger partial charge in [-0.1, -0.05) is 29.3 Å². The topological polar surface area (TPSA) is 79.3 Å². The fourth-order valence-electron chi connectivity index (χ4n) is 1.83. The van der Waals surface area contributed by atoms with Gasteiger partial charge in [-0.3, -0.25) is 14.9 Å². The van der Waals surface area contributed by atoms with E-state index in [0.29, 0.717) is 15.1 Å².